The number of pyridine rings is 1. The van der Waals surface area contributed by atoms with Crippen molar-refractivity contribution in [2.24, 2.45) is 5.73 Å². The number of ether oxygens (including phenoxy) is 1. The van der Waals surface area contributed by atoms with Crippen LogP contribution in [-0.2, 0) is 19.3 Å². The number of aromatic nitrogens is 3. The fraction of sp³-hybridized carbons (Fsp3) is 0.320. The maximum Gasteiger partial charge on any atom is 0.226 e. The molecule has 0 aliphatic heterocycles. The zero-order valence-corrected chi connectivity index (χ0v) is 18.5. The van der Waals surface area contributed by atoms with Crippen molar-refractivity contribution < 1.29 is 4.74 Å². The molecule has 1 aliphatic carbocycles. The molecule has 0 saturated carbocycles. The predicted octanol–water partition coefficient (Wildman–Crippen LogP) is 4.89. The Morgan fingerprint density at radius 2 is 1.87 bits per heavy atom. The van der Waals surface area contributed by atoms with E-state index >= 15 is 0 Å². The topological polar surface area (TPSA) is 73.9 Å². The first-order chi connectivity index (χ1) is 15.2. The fourth-order valence-corrected chi connectivity index (χ4v) is 5.48. The zero-order valence-electron chi connectivity index (χ0n) is 17.7. The van der Waals surface area contributed by atoms with Crippen molar-refractivity contribution in [1.29, 1.82) is 0 Å². The Hall–Kier alpha value is -2.83. The SMILES string of the molecule is Cc1ccccc1CC(N)COc1nc(-c2ccncc2)nc2sc3c(c12)CCCC3. The molecule has 0 fully saturated rings. The molecule has 4 aromatic rings. The third-order valence-corrected chi connectivity index (χ3v) is 7.08. The molecule has 2 N–H and O–H groups in total. The van der Waals surface area contributed by atoms with Gasteiger partial charge in [0, 0.05) is 28.9 Å². The smallest absolute Gasteiger partial charge is 0.226 e. The second kappa shape index (κ2) is 8.73. The molecule has 31 heavy (non-hydrogen) atoms. The fourth-order valence-electron chi connectivity index (χ4n) is 4.23. The summed E-state index contributed by atoms with van der Waals surface area (Å²) in [5.41, 5.74) is 11.3. The van der Waals surface area contributed by atoms with Gasteiger partial charge in [0.1, 0.15) is 11.4 Å². The van der Waals surface area contributed by atoms with E-state index < -0.39 is 0 Å². The lowest BCUT2D eigenvalue weighted by Gasteiger charge is -2.16. The highest BCUT2D eigenvalue weighted by Crippen LogP contribution is 2.40. The highest BCUT2D eigenvalue weighted by molar-refractivity contribution is 7.18. The summed E-state index contributed by atoms with van der Waals surface area (Å²) in [7, 11) is 0. The van der Waals surface area contributed by atoms with E-state index in [0.717, 1.165) is 35.0 Å². The average molecular weight is 431 g/mol. The number of benzene rings is 1. The lowest BCUT2D eigenvalue weighted by atomic mass is 9.97. The van der Waals surface area contributed by atoms with Gasteiger partial charge in [-0.05, 0) is 67.9 Å². The molecule has 1 atom stereocenters. The number of nitrogens with two attached hydrogens (primary N) is 1. The van der Waals surface area contributed by atoms with Crippen LogP contribution in [0.25, 0.3) is 21.6 Å². The van der Waals surface area contributed by atoms with E-state index in [1.165, 1.54) is 34.4 Å². The van der Waals surface area contributed by atoms with Gasteiger partial charge in [0.2, 0.25) is 5.88 Å². The summed E-state index contributed by atoms with van der Waals surface area (Å²) < 4.78 is 6.29. The number of nitrogens with zero attached hydrogens (tertiary/aromatic N) is 3. The van der Waals surface area contributed by atoms with Crippen LogP contribution in [0.2, 0.25) is 0 Å². The molecular weight excluding hydrogens is 404 g/mol. The minimum atomic E-state index is -0.107. The van der Waals surface area contributed by atoms with Crippen molar-refractivity contribution in [1.82, 2.24) is 15.0 Å². The maximum absolute atomic E-state index is 6.45. The van der Waals surface area contributed by atoms with Gasteiger partial charge in [-0.1, -0.05) is 24.3 Å². The van der Waals surface area contributed by atoms with Gasteiger partial charge in [-0.25, -0.2) is 4.98 Å². The predicted molar refractivity (Wildman–Crippen MR) is 126 cm³/mol. The Kier molecular flexibility index (Phi) is 5.66. The Balaban J connectivity index is 1.47. The minimum absolute atomic E-state index is 0.107. The lowest BCUT2D eigenvalue weighted by Crippen LogP contribution is -2.30. The third-order valence-electron chi connectivity index (χ3n) is 5.90. The number of hydrogen-bond acceptors (Lipinski definition) is 6. The van der Waals surface area contributed by atoms with Crippen LogP contribution in [0.4, 0.5) is 0 Å². The van der Waals surface area contributed by atoms with Gasteiger partial charge in [-0.15, -0.1) is 11.3 Å². The molecular formula is C25H26N4OS. The van der Waals surface area contributed by atoms with E-state index in [1.54, 1.807) is 23.7 Å². The van der Waals surface area contributed by atoms with Gasteiger partial charge in [0.05, 0.1) is 5.39 Å². The monoisotopic (exact) mass is 430 g/mol. The summed E-state index contributed by atoms with van der Waals surface area (Å²) >= 11 is 1.78. The molecule has 0 bridgehead atoms. The van der Waals surface area contributed by atoms with Crippen molar-refractivity contribution in [3.8, 4) is 17.3 Å². The second-order valence-corrected chi connectivity index (χ2v) is 9.26. The largest absolute Gasteiger partial charge is 0.475 e. The van der Waals surface area contributed by atoms with E-state index in [0.29, 0.717) is 18.3 Å². The molecule has 5 rings (SSSR count). The molecule has 0 spiro atoms. The van der Waals surface area contributed by atoms with E-state index in [-0.39, 0.29) is 6.04 Å². The Labute approximate surface area is 186 Å². The molecule has 5 nitrogen and oxygen atoms in total. The molecule has 0 radical (unpaired) electrons. The summed E-state index contributed by atoms with van der Waals surface area (Å²) in [5, 5.41) is 1.08. The molecule has 6 heteroatoms. The Morgan fingerprint density at radius 3 is 2.71 bits per heavy atom. The summed E-state index contributed by atoms with van der Waals surface area (Å²) in [5.74, 6) is 1.34. The lowest BCUT2D eigenvalue weighted by molar-refractivity contribution is 0.280. The molecule has 3 heterocycles. The first-order valence-electron chi connectivity index (χ1n) is 10.8. The first-order valence-corrected chi connectivity index (χ1v) is 11.7. The van der Waals surface area contributed by atoms with E-state index in [4.69, 9.17) is 20.4 Å². The van der Waals surface area contributed by atoms with Gasteiger partial charge in [0.25, 0.3) is 0 Å². The zero-order chi connectivity index (χ0) is 21.2. The molecule has 3 aromatic heterocycles. The number of thiophene rings is 1. The highest BCUT2D eigenvalue weighted by atomic mass is 32.1. The van der Waals surface area contributed by atoms with Crippen molar-refractivity contribution in [3.05, 3.63) is 70.4 Å². The molecule has 1 aromatic carbocycles. The number of hydrogen-bond donors (Lipinski definition) is 1. The van der Waals surface area contributed by atoms with Gasteiger partial charge >= 0.3 is 0 Å². The van der Waals surface area contributed by atoms with Crippen LogP contribution in [0.15, 0.2) is 48.8 Å². The second-order valence-electron chi connectivity index (χ2n) is 8.18. The standard InChI is InChI=1S/C25H26N4OS/c1-16-6-2-3-7-18(16)14-19(26)15-30-24-22-20-8-4-5-9-21(20)31-25(22)29-23(28-24)17-10-12-27-13-11-17/h2-3,6-7,10-13,19H,4-5,8-9,14-15,26H2,1H3. The van der Waals surface area contributed by atoms with E-state index in [2.05, 4.69) is 36.2 Å². The van der Waals surface area contributed by atoms with Crippen LogP contribution in [0.1, 0.15) is 34.4 Å². The Bertz CT molecular complexity index is 1210. The van der Waals surface area contributed by atoms with Crippen molar-refractivity contribution >= 4 is 21.6 Å². The number of aryl methyl sites for hydroxylation is 3. The van der Waals surface area contributed by atoms with Gasteiger partial charge in [-0.2, -0.15) is 4.98 Å². The van der Waals surface area contributed by atoms with Gasteiger partial charge in [0.15, 0.2) is 5.82 Å². The molecule has 1 unspecified atom stereocenters. The van der Waals surface area contributed by atoms with E-state index in [1.807, 2.05) is 12.1 Å². The maximum atomic E-state index is 6.45. The van der Waals surface area contributed by atoms with Crippen molar-refractivity contribution in [3.63, 3.8) is 0 Å². The molecule has 0 saturated heterocycles. The average Bonchev–Trinajstić information content (AvgIpc) is 3.18. The van der Waals surface area contributed by atoms with Crippen LogP contribution in [0.5, 0.6) is 5.88 Å². The molecule has 158 valence electrons. The normalized spacial score (nSPS) is 14.4. The van der Waals surface area contributed by atoms with Crippen LogP contribution < -0.4 is 10.5 Å². The first kappa shape index (κ1) is 20.1. The Morgan fingerprint density at radius 1 is 1.06 bits per heavy atom. The van der Waals surface area contributed by atoms with Crippen LogP contribution >= 0.6 is 11.3 Å². The summed E-state index contributed by atoms with van der Waals surface area (Å²) in [6.07, 6.45) is 8.94. The highest BCUT2D eigenvalue weighted by Gasteiger charge is 2.23. The number of fused-ring (bicyclic) bond motifs is 3. The van der Waals surface area contributed by atoms with Crippen LogP contribution in [0, 0.1) is 6.92 Å². The van der Waals surface area contributed by atoms with Crippen molar-refractivity contribution in [2.45, 2.75) is 45.1 Å². The number of rotatable bonds is 6. The minimum Gasteiger partial charge on any atom is -0.475 e. The summed E-state index contributed by atoms with van der Waals surface area (Å²) in [4.78, 5) is 16.3. The summed E-state index contributed by atoms with van der Waals surface area (Å²) in [6, 6.07) is 12.1. The quantitative estimate of drug-likeness (QED) is 0.471. The molecule has 1 aliphatic rings. The summed E-state index contributed by atoms with van der Waals surface area (Å²) in [6.45, 7) is 2.54. The van der Waals surface area contributed by atoms with Gasteiger partial charge in [-0.3, -0.25) is 4.98 Å². The third kappa shape index (κ3) is 4.18. The van der Waals surface area contributed by atoms with Crippen molar-refractivity contribution in [2.75, 3.05) is 6.61 Å². The van der Waals surface area contributed by atoms with E-state index in [9.17, 15) is 0 Å². The molecule has 0 amide bonds. The van der Waals surface area contributed by atoms with Crippen LogP contribution in [0.3, 0.4) is 0 Å². The van der Waals surface area contributed by atoms with Crippen LogP contribution in [-0.4, -0.2) is 27.6 Å². The van der Waals surface area contributed by atoms with Gasteiger partial charge < -0.3 is 10.5 Å².